The van der Waals surface area contributed by atoms with Crippen LogP contribution in [0.1, 0.15) is 40.0 Å². The maximum atomic E-state index is 12.2. The fourth-order valence-corrected chi connectivity index (χ4v) is 2.39. The summed E-state index contributed by atoms with van der Waals surface area (Å²) in [6.07, 6.45) is 1.89. The maximum Gasteiger partial charge on any atom is 0.328 e. The van der Waals surface area contributed by atoms with Gasteiger partial charge >= 0.3 is 18.0 Å². The minimum absolute atomic E-state index is 0.185. The molecule has 0 saturated carbocycles. The van der Waals surface area contributed by atoms with E-state index in [9.17, 15) is 19.5 Å². The van der Waals surface area contributed by atoms with Gasteiger partial charge in [-0.1, -0.05) is 20.3 Å². The molecule has 0 aromatic carbocycles. The first-order valence-electron chi connectivity index (χ1n) is 7.38. The average Bonchev–Trinajstić information content (AvgIpc) is 2.93. The molecule has 0 aromatic heterocycles. The molecule has 1 rings (SSSR count). The third-order valence-electron chi connectivity index (χ3n) is 3.83. The standard InChI is InChI=1S/C14H24N2O5/c1-4-9(3)11(12(17)18)15-14(20)16-8-6-7-10(16)13(19)21-5-2/h9-11H,4-8H2,1-3H3,(H,15,20)(H,17,18)/t9?,10?,11-/m0/s1. The van der Waals surface area contributed by atoms with Gasteiger partial charge in [0.1, 0.15) is 12.1 Å². The fourth-order valence-electron chi connectivity index (χ4n) is 2.39. The van der Waals surface area contributed by atoms with Crippen LogP contribution in [0.5, 0.6) is 0 Å². The Morgan fingerprint density at radius 1 is 1.38 bits per heavy atom. The summed E-state index contributed by atoms with van der Waals surface area (Å²) in [6, 6.07) is -2.08. The molecule has 3 atom stereocenters. The summed E-state index contributed by atoms with van der Waals surface area (Å²) in [4.78, 5) is 36.7. The van der Waals surface area contributed by atoms with Gasteiger partial charge < -0.3 is 20.1 Å². The van der Waals surface area contributed by atoms with E-state index in [-0.39, 0.29) is 12.5 Å². The molecular weight excluding hydrogens is 276 g/mol. The quantitative estimate of drug-likeness (QED) is 0.719. The number of carbonyl (C=O) groups excluding carboxylic acids is 2. The highest BCUT2D eigenvalue weighted by atomic mass is 16.5. The predicted octanol–water partition coefficient (Wildman–Crippen LogP) is 1.22. The molecule has 0 aliphatic carbocycles. The van der Waals surface area contributed by atoms with E-state index in [0.29, 0.717) is 25.8 Å². The first-order chi connectivity index (χ1) is 9.92. The van der Waals surface area contributed by atoms with E-state index in [1.807, 2.05) is 6.92 Å². The highest BCUT2D eigenvalue weighted by Gasteiger charge is 2.37. The number of nitrogens with one attached hydrogen (secondary N) is 1. The van der Waals surface area contributed by atoms with E-state index in [1.165, 1.54) is 4.90 Å². The van der Waals surface area contributed by atoms with Gasteiger partial charge in [-0.15, -0.1) is 0 Å². The van der Waals surface area contributed by atoms with Gasteiger partial charge in [0, 0.05) is 6.54 Å². The summed E-state index contributed by atoms with van der Waals surface area (Å²) in [5.41, 5.74) is 0. The van der Waals surface area contributed by atoms with Crippen molar-refractivity contribution in [2.45, 2.75) is 52.1 Å². The maximum absolute atomic E-state index is 12.2. The van der Waals surface area contributed by atoms with Crippen molar-refractivity contribution >= 4 is 18.0 Å². The number of hydrogen-bond acceptors (Lipinski definition) is 4. The molecule has 120 valence electrons. The van der Waals surface area contributed by atoms with Crippen LogP contribution in [0.15, 0.2) is 0 Å². The Hall–Kier alpha value is -1.79. The number of carboxylic acid groups (broad SMARTS) is 1. The van der Waals surface area contributed by atoms with Gasteiger partial charge in [-0.25, -0.2) is 14.4 Å². The third kappa shape index (κ3) is 4.34. The molecule has 0 aromatic rings. The Bertz CT molecular complexity index is 399. The molecule has 0 spiro atoms. The van der Waals surface area contributed by atoms with Crippen LogP contribution in [0.4, 0.5) is 4.79 Å². The zero-order chi connectivity index (χ0) is 16.0. The third-order valence-corrected chi connectivity index (χ3v) is 3.83. The zero-order valence-electron chi connectivity index (χ0n) is 12.8. The zero-order valence-corrected chi connectivity index (χ0v) is 12.8. The smallest absolute Gasteiger partial charge is 0.328 e. The summed E-state index contributed by atoms with van der Waals surface area (Å²) in [7, 11) is 0. The van der Waals surface area contributed by atoms with Crippen molar-refractivity contribution in [1.29, 1.82) is 0 Å². The number of carboxylic acids is 1. The molecule has 7 nitrogen and oxygen atoms in total. The van der Waals surface area contributed by atoms with Crippen molar-refractivity contribution in [3.05, 3.63) is 0 Å². The van der Waals surface area contributed by atoms with Crippen LogP contribution in [-0.4, -0.2) is 53.2 Å². The predicted molar refractivity (Wildman–Crippen MR) is 75.8 cm³/mol. The average molecular weight is 300 g/mol. The lowest BCUT2D eigenvalue weighted by Crippen LogP contribution is -2.53. The monoisotopic (exact) mass is 300 g/mol. The van der Waals surface area contributed by atoms with E-state index in [2.05, 4.69) is 5.32 Å². The molecule has 0 radical (unpaired) electrons. The van der Waals surface area contributed by atoms with Crippen molar-refractivity contribution in [3.63, 3.8) is 0 Å². The van der Waals surface area contributed by atoms with Crippen LogP contribution in [0.3, 0.4) is 0 Å². The van der Waals surface area contributed by atoms with Crippen LogP contribution in [0.2, 0.25) is 0 Å². The number of ether oxygens (including phenoxy) is 1. The Labute approximate surface area is 124 Å². The second kappa shape index (κ2) is 7.85. The lowest BCUT2D eigenvalue weighted by molar-refractivity contribution is -0.147. The van der Waals surface area contributed by atoms with Gasteiger partial charge in [0.15, 0.2) is 0 Å². The first kappa shape index (κ1) is 17.3. The largest absolute Gasteiger partial charge is 0.480 e. The highest BCUT2D eigenvalue weighted by Crippen LogP contribution is 2.19. The molecule has 7 heteroatoms. The number of nitrogens with zero attached hydrogens (tertiary/aromatic N) is 1. The molecular formula is C14H24N2O5. The summed E-state index contributed by atoms with van der Waals surface area (Å²) < 4.78 is 4.95. The molecule has 1 saturated heterocycles. The summed E-state index contributed by atoms with van der Waals surface area (Å²) in [5.74, 6) is -1.68. The van der Waals surface area contributed by atoms with E-state index in [0.717, 1.165) is 0 Å². The van der Waals surface area contributed by atoms with E-state index >= 15 is 0 Å². The molecule has 0 bridgehead atoms. The Balaban J connectivity index is 2.72. The summed E-state index contributed by atoms with van der Waals surface area (Å²) in [5, 5.41) is 11.7. The van der Waals surface area contributed by atoms with Crippen LogP contribution in [0, 0.1) is 5.92 Å². The molecule has 2 unspecified atom stereocenters. The second-order valence-electron chi connectivity index (χ2n) is 5.25. The number of urea groups is 1. The molecule has 21 heavy (non-hydrogen) atoms. The van der Waals surface area contributed by atoms with Gasteiger partial charge in [-0.3, -0.25) is 0 Å². The van der Waals surface area contributed by atoms with Crippen LogP contribution >= 0.6 is 0 Å². The molecule has 1 fully saturated rings. The second-order valence-corrected chi connectivity index (χ2v) is 5.25. The highest BCUT2D eigenvalue weighted by molar-refractivity contribution is 5.87. The lowest BCUT2D eigenvalue weighted by Gasteiger charge is -2.27. The minimum atomic E-state index is -1.07. The van der Waals surface area contributed by atoms with Gasteiger partial charge in [-0.2, -0.15) is 0 Å². The summed E-state index contributed by atoms with van der Waals surface area (Å²) >= 11 is 0. The molecule has 2 amide bonds. The Kier molecular flexibility index (Phi) is 6.45. The number of carbonyl (C=O) groups is 3. The fraction of sp³-hybridized carbons (Fsp3) is 0.786. The van der Waals surface area contributed by atoms with Gasteiger partial charge in [0.05, 0.1) is 6.61 Å². The molecule has 2 N–H and O–H groups in total. The van der Waals surface area contributed by atoms with Crippen LogP contribution < -0.4 is 5.32 Å². The van der Waals surface area contributed by atoms with Crippen molar-refractivity contribution in [2.24, 2.45) is 5.92 Å². The van der Waals surface area contributed by atoms with E-state index < -0.39 is 30.1 Å². The number of likely N-dealkylation sites (tertiary alicyclic amines) is 1. The minimum Gasteiger partial charge on any atom is -0.480 e. The van der Waals surface area contributed by atoms with Crippen molar-refractivity contribution in [2.75, 3.05) is 13.2 Å². The van der Waals surface area contributed by atoms with Crippen molar-refractivity contribution in [3.8, 4) is 0 Å². The molecule has 1 aliphatic heterocycles. The Morgan fingerprint density at radius 2 is 2.05 bits per heavy atom. The number of amides is 2. The topological polar surface area (TPSA) is 95.9 Å². The van der Waals surface area contributed by atoms with E-state index in [4.69, 9.17) is 4.74 Å². The first-order valence-corrected chi connectivity index (χ1v) is 7.38. The summed E-state index contributed by atoms with van der Waals surface area (Å²) in [6.45, 7) is 6.04. The number of rotatable bonds is 6. The van der Waals surface area contributed by atoms with Gasteiger partial charge in [0.2, 0.25) is 0 Å². The van der Waals surface area contributed by atoms with Crippen molar-refractivity contribution < 1.29 is 24.2 Å². The van der Waals surface area contributed by atoms with Gasteiger partial charge in [0.25, 0.3) is 0 Å². The van der Waals surface area contributed by atoms with Crippen LogP contribution in [-0.2, 0) is 14.3 Å². The number of aliphatic carboxylic acids is 1. The molecule has 1 heterocycles. The van der Waals surface area contributed by atoms with Crippen molar-refractivity contribution in [1.82, 2.24) is 10.2 Å². The number of esters is 1. The normalized spacial score (nSPS) is 20.7. The molecule has 1 aliphatic rings. The lowest BCUT2D eigenvalue weighted by atomic mass is 9.99. The number of hydrogen-bond donors (Lipinski definition) is 2. The van der Waals surface area contributed by atoms with E-state index in [1.54, 1.807) is 13.8 Å². The van der Waals surface area contributed by atoms with Crippen LogP contribution in [0.25, 0.3) is 0 Å². The van der Waals surface area contributed by atoms with Gasteiger partial charge in [-0.05, 0) is 25.7 Å². The Morgan fingerprint density at radius 3 is 2.57 bits per heavy atom. The SMILES string of the molecule is CCOC(=O)C1CCCN1C(=O)N[C@H](C(=O)O)C(C)CC.